The highest BCUT2D eigenvalue weighted by Gasteiger charge is 2.24. The van der Waals surface area contributed by atoms with Crippen molar-refractivity contribution in [1.82, 2.24) is 25.2 Å². The Morgan fingerprint density at radius 3 is 2.62 bits per heavy atom. The van der Waals surface area contributed by atoms with E-state index in [4.69, 9.17) is 0 Å². The van der Waals surface area contributed by atoms with Crippen molar-refractivity contribution >= 4 is 29.1 Å². The van der Waals surface area contributed by atoms with Crippen molar-refractivity contribution in [2.24, 2.45) is 0 Å². The molecule has 1 fully saturated rings. The van der Waals surface area contributed by atoms with Crippen LogP contribution < -0.4 is 10.6 Å². The first-order chi connectivity index (χ1) is 12.6. The number of piperidine rings is 1. The molecule has 1 aliphatic heterocycles. The highest BCUT2D eigenvalue weighted by molar-refractivity contribution is 7.11. The predicted octanol–water partition coefficient (Wildman–Crippen LogP) is 1.46. The smallest absolute Gasteiger partial charge is 0.263 e. The molecule has 0 aromatic carbocycles. The van der Waals surface area contributed by atoms with Crippen molar-refractivity contribution in [2.75, 3.05) is 25.0 Å². The summed E-state index contributed by atoms with van der Waals surface area (Å²) in [5.74, 6) is 0.568. The molecule has 0 atom stereocenters. The number of amides is 2. The van der Waals surface area contributed by atoms with Crippen molar-refractivity contribution < 1.29 is 9.59 Å². The number of nitrogens with one attached hydrogen (secondary N) is 2. The largest absolute Gasteiger partial charge is 0.354 e. The number of hydrogen-bond acceptors (Lipinski definition) is 7. The second kappa shape index (κ2) is 8.70. The molecule has 2 aromatic rings. The van der Waals surface area contributed by atoms with Crippen LogP contribution in [0.25, 0.3) is 0 Å². The maximum absolute atomic E-state index is 12.3. The lowest BCUT2D eigenvalue weighted by atomic mass is 10.0. The lowest BCUT2D eigenvalue weighted by Crippen LogP contribution is -2.46. The van der Waals surface area contributed by atoms with Gasteiger partial charge in [0.25, 0.3) is 5.91 Å². The minimum absolute atomic E-state index is 0.0677. The van der Waals surface area contributed by atoms with Gasteiger partial charge in [0.2, 0.25) is 11.9 Å². The number of nitrogens with zero attached hydrogens (tertiary/aromatic N) is 4. The second-order valence-corrected chi connectivity index (χ2v) is 7.00. The fraction of sp³-hybridized carbons (Fsp3) is 0.471. The second-order valence-electron chi connectivity index (χ2n) is 6.14. The van der Waals surface area contributed by atoms with E-state index in [1.807, 2.05) is 11.8 Å². The zero-order valence-electron chi connectivity index (χ0n) is 14.6. The lowest BCUT2D eigenvalue weighted by molar-refractivity contribution is -0.131. The van der Waals surface area contributed by atoms with Crippen molar-refractivity contribution in [3.8, 4) is 0 Å². The van der Waals surface area contributed by atoms with Gasteiger partial charge in [0.05, 0.1) is 11.2 Å². The van der Waals surface area contributed by atoms with Crippen LogP contribution in [0.4, 0.5) is 5.95 Å². The van der Waals surface area contributed by atoms with Crippen LogP contribution in [0, 0.1) is 6.92 Å². The Morgan fingerprint density at radius 1 is 1.23 bits per heavy atom. The van der Waals surface area contributed by atoms with Gasteiger partial charge in [0.15, 0.2) is 0 Å². The number of aromatic nitrogens is 3. The van der Waals surface area contributed by atoms with Gasteiger partial charge in [-0.2, -0.15) is 0 Å². The maximum atomic E-state index is 12.3. The van der Waals surface area contributed by atoms with Crippen LogP contribution in [0.2, 0.25) is 0 Å². The van der Waals surface area contributed by atoms with Crippen LogP contribution >= 0.6 is 11.3 Å². The van der Waals surface area contributed by atoms with Crippen molar-refractivity contribution in [1.29, 1.82) is 0 Å². The number of likely N-dealkylation sites (tertiary alicyclic amines) is 1. The maximum Gasteiger partial charge on any atom is 0.263 e. The standard InChI is InChI=1S/C17H22N6O2S/c1-12-15(26-11-21-12)16(25)22-13-4-9-23(10-5-13)14(24)3-8-20-17-18-6-2-7-19-17/h2,6-7,11,13H,3-5,8-10H2,1H3,(H,22,25)(H,18,19,20). The average Bonchev–Trinajstić information content (AvgIpc) is 3.09. The van der Waals surface area contributed by atoms with Gasteiger partial charge in [0.1, 0.15) is 4.88 Å². The zero-order valence-corrected chi connectivity index (χ0v) is 15.5. The number of hydrogen-bond donors (Lipinski definition) is 2. The number of carbonyl (C=O) groups is 2. The van der Waals surface area contributed by atoms with E-state index < -0.39 is 0 Å². The molecule has 26 heavy (non-hydrogen) atoms. The molecule has 1 saturated heterocycles. The summed E-state index contributed by atoms with van der Waals surface area (Å²) in [6.07, 6.45) is 5.25. The Morgan fingerprint density at radius 2 is 1.96 bits per heavy atom. The van der Waals surface area contributed by atoms with Gasteiger partial charge in [-0.3, -0.25) is 9.59 Å². The summed E-state index contributed by atoms with van der Waals surface area (Å²) in [4.78, 5) is 39.3. The van der Waals surface area contributed by atoms with Gasteiger partial charge in [-0.15, -0.1) is 11.3 Å². The molecule has 0 saturated carbocycles. The van der Waals surface area contributed by atoms with Crippen LogP contribution in [-0.4, -0.2) is 57.3 Å². The van der Waals surface area contributed by atoms with E-state index in [1.165, 1.54) is 11.3 Å². The predicted molar refractivity (Wildman–Crippen MR) is 99.1 cm³/mol. The summed E-state index contributed by atoms with van der Waals surface area (Å²) in [6, 6.07) is 1.85. The molecule has 3 heterocycles. The minimum Gasteiger partial charge on any atom is -0.354 e. The Balaban J connectivity index is 1.38. The SMILES string of the molecule is Cc1ncsc1C(=O)NC1CCN(C(=O)CCNc2ncccn2)CC1. The van der Waals surface area contributed by atoms with Crippen molar-refractivity contribution in [3.63, 3.8) is 0 Å². The number of aryl methyl sites for hydroxylation is 1. The summed E-state index contributed by atoms with van der Waals surface area (Å²) < 4.78 is 0. The summed E-state index contributed by atoms with van der Waals surface area (Å²) in [5, 5.41) is 6.09. The molecule has 0 unspecified atom stereocenters. The number of carbonyl (C=O) groups excluding carboxylic acids is 2. The van der Waals surface area contributed by atoms with E-state index in [1.54, 1.807) is 24.0 Å². The molecular formula is C17H22N6O2S. The first-order valence-corrected chi connectivity index (χ1v) is 9.51. The van der Waals surface area contributed by atoms with Gasteiger partial charge in [-0.1, -0.05) is 0 Å². The number of anilines is 1. The molecule has 2 amide bonds. The van der Waals surface area contributed by atoms with Gasteiger partial charge < -0.3 is 15.5 Å². The average molecular weight is 374 g/mol. The fourth-order valence-corrected chi connectivity index (χ4v) is 3.58. The Bertz CT molecular complexity index is 743. The quantitative estimate of drug-likeness (QED) is 0.794. The molecular weight excluding hydrogens is 352 g/mol. The van der Waals surface area contributed by atoms with Gasteiger partial charge in [-0.25, -0.2) is 15.0 Å². The summed E-state index contributed by atoms with van der Waals surface area (Å²) in [6.45, 7) is 3.66. The Kier molecular flexibility index (Phi) is 6.11. The molecule has 2 aromatic heterocycles. The first-order valence-electron chi connectivity index (χ1n) is 8.63. The third-order valence-corrected chi connectivity index (χ3v) is 5.25. The fourth-order valence-electron chi connectivity index (χ4n) is 2.87. The highest BCUT2D eigenvalue weighted by Crippen LogP contribution is 2.15. The molecule has 0 aliphatic carbocycles. The van der Waals surface area contributed by atoms with Gasteiger partial charge in [0, 0.05) is 44.5 Å². The minimum atomic E-state index is -0.0677. The third kappa shape index (κ3) is 4.75. The number of rotatable bonds is 6. The van der Waals surface area contributed by atoms with Crippen LogP contribution in [0.1, 0.15) is 34.6 Å². The molecule has 1 aliphatic rings. The van der Waals surface area contributed by atoms with E-state index in [9.17, 15) is 9.59 Å². The van der Waals surface area contributed by atoms with Crippen LogP contribution in [-0.2, 0) is 4.79 Å². The molecule has 3 rings (SSSR count). The van der Waals surface area contributed by atoms with Crippen LogP contribution in [0.3, 0.4) is 0 Å². The number of thiazole rings is 1. The monoisotopic (exact) mass is 374 g/mol. The molecule has 8 nitrogen and oxygen atoms in total. The Hall–Kier alpha value is -2.55. The molecule has 0 spiro atoms. The first kappa shape index (κ1) is 18.2. The van der Waals surface area contributed by atoms with E-state index in [0.29, 0.717) is 36.9 Å². The highest BCUT2D eigenvalue weighted by atomic mass is 32.1. The summed E-state index contributed by atoms with van der Waals surface area (Å²) >= 11 is 1.35. The van der Waals surface area contributed by atoms with Crippen LogP contribution in [0.15, 0.2) is 24.0 Å². The zero-order chi connectivity index (χ0) is 18.4. The van der Waals surface area contributed by atoms with Crippen LogP contribution in [0.5, 0.6) is 0 Å². The Labute approximate surface area is 156 Å². The lowest BCUT2D eigenvalue weighted by Gasteiger charge is -2.32. The molecule has 2 N–H and O–H groups in total. The van der Waals surface area contributed by atoms with E-state index in [-0.39, 0.29) is 17.9 Å². The van der Waals surface area contributed by atoms with Crippen molar-refractivity contribution in [2.45, 2.75) is 32.2 Å². The van der Waals surface area contributed by atoms with E-state index in [2.05, 4.69) is 25.6 Å². The third-order valence-electron chi connectivity index (χ3n) is 4.32. The van der Waals surface area contributed by atoms with E-state index in [0.717, 1.165) is 18.5 Å². The molecule has 0 bridgehead atoms. The topological polar surface area (TPSA) is 100 Å². The molecule has 0 radical (unpaired) electrons. The van der Waals surface area contributed by atoms with Crippen molar-refractivity contribution in [3.05, 3.63) is 34.5 Å². The summed E-state index contributed by atoms with van der Waals surface area (Å²) in [5.41, 5.74) is 2.44. The van der Waals surface area contributed by atoms with Gasteiger partial charge in [-0.05, 0) is 25.8 Å². The normalized spacial score (nSPS) is 14.9. The van der Waals surface area contributed by atoms with E-state index >= 15 is 0 Å². The summed E-state index contributed by atoms with van der Waals surface area (Å²) in [7, 11) is 0. The molecule has 9 heteroatoms. The molecule has 138 valence electrons. The van der Waals surface area contributed by atoms with Gasteiger partial charge >= 0.3 is 0 Å².